The van der Waals surface area contributed by atoms with Crippen molar-refractivity contribution in [1.82, 2.24) is 20.3 Å². The van der Waals surface area contributed by atoms with E-state index in [1.54, 1.807) is 17.1 Å². The highest BCUT2D eigenvalue weighted by Gasteiger charge is 2.18. The fraction of sp³-hybridized carbons (Fsp3) is 0.533. The SMILES string of the molecule is CCC(C(=O)NCc1cc(CC(C)C)no1)n1cccn1. The molecule has 6 nitrogen and oxygen atoms in total. The Morgan fingerprint density at radius 2 is 2.29 bits per heavy atom. The van der Waals surface area contributed by atoms with Crippen LogP contribution < -0.4 is 5.32 Å². The van der Waals surface area contributed by atoms with Crippen LogP contribution in [0.1, 0.15) is 44.7 Å². The van der Waals surface area contributed by atoms with Crippen LogP contribution in [-0.4, -0.2) is 20.8 Å². The van der Waals surface area contributed by atoms with Crippen molar-refractivity contribution in [2.75, 3.05) is 0 Å². The molecule has 1 amide bonds. The molecule has 6 heteroatoms. The minimum atomic E-state index is -0.293. The molecule has 0 aliphatic carbocycles. The van der Waals surface area contributed by atoms with Gasteiger partial charge in [0.25, 0.3) is 0 Å². The fourth-order valence-electron chi connectivity index (χ4n) is 2.20. The van der Waals surface area contributed by atoms with E-state index in [-0.39, 0.29) is 11.9 Å². The number of hydrogen-bond acceptors (Lipinski definition) is 4. The van der Waals surface area contributed by atoms with Crippen molar-refractivity contribution < 1.29 is 9.32 Å². The Balaban J connectivity index is 1.90. The van der Waals surface area contributed by atoms with Gasteiger partial charge in [-0.3, -0.25) is 9.48 Å². The zero-order valence-electron chi connectivity index (χ0n) is 12.7. The Morgan fingerprint density at radius 1 is 1.48 bits per heavy atom. The largest absolute Gasteiger partial charge is 0.359 e. The topological polar surface area (TPSA) is 73.0 Å². The van der Waals surface area contributed by atoms with Crippen molar-refractivity contribution in [3.05, 3.63) is 36.0 Å². The summed E-state index contributed by atoms with van der Waals surface area (Å²) in [5.41, 5.74) is 0.924. The Kier molecular flexibility index (Phi) is 5.14. The molecule has 2 aromatic heterocycles. The first-order chi connectivity index (χ1) is 10.1. The molecule has 0 saturated heterocycles. The normalized spacial score (nSPS) is 12.6. The number of nitrogens with zero attached hydrogens (tertiary/aromatic N) is 3. The average molecular weight is 290 g/mol. The molecule has 0 radical (unpaired) electrons. The fourth-order valence-corrected chi connectivity index (χ4v) is 2.20. The molecule has 1 unspecified atom stereocenters. The standard InChI is InChI=1S/C15H22N4O2/c1-4-14(19-7-5-6-17-19)15(20)16-10-13-9-12(18-21-13)8-11(2)3/h5-7,9,11,14H,4,8,10H2,1-3H3,(H,16,20). The van der Waals surface area contributed by atoms with Gasteiger partial charge in [-0.2, -0.15) is 5.10 Å². The van der Waals surface area contributed by atoms with Gasteiger partial charge >= 0.3 is 0 Å². The van der Waals surface area contributed by atoms with E-state index in [0.29, 0.717) is 24.6 Å². The first-order valence-corrected chi connectivity index (χ1v) is 7.31. The van der Waals surface area contributed by atoms with Crippen molar-refractivity contribution in [2.24, 2.45) is 5.92 Å². The summed E-state index contributed by atoms with van der Waals surface area (Å²) >= 11 is 0. The van der Waals surface area contributed by atoms with E-state index in [9.17, 15) is 4.79 Å². The Morgan fingerprint density at radius 3 is 2.90 bits per heavy atom. The molecule has 0 fully saturated rings. The maximum absolute atomic E-state index is 12.2. The molecule has 0 aromatic carbocycles. The zero-order chi connectivity index (χ0) is 15.2. The number of amides is 1. The van der Waals surface area contributed by atoms with Gasteiger partial charge < -0.3 is 9.84 Å². The van der Waals surface area contributed by atoms with E-state index in [1.165, 1.54) is 0 Å². The maximum atomic E-state index is 12.2. The number of carbonyl (C=O) groups is 1. The Labute approximate surface area is 124 Å². The third-order valence-corrected chi connectivity index (χ3v) is 3.20. The lowest BCUT2D eigenvalue weighted by Gasteiger charge is -2.14. The first-order valence-electron chi connectivity index (χ1n) is 7.31. The minimum Gasteiger partial charge on any atom is -0.359 e. The summed E-state index contributed by atoms with van der Waals surface area (Å²) in [6.45, 7) is 6.57. The Bertz CT molecular complexity index is 560. The molecule has 2 aromatic rings. The van der Waals surface area contributed by atoms with E-state index in [2.05, 4.69) is 29.4 Å². The molecule has 0 aliphatic rings. The summed E-state index contributed by atoms with van der Waals surface area (Å²) in [7, 11) is 0. The third-order valence-electron chi connectivity index (χ3n) is 3.20. The van der Waals surface area contributed by atoms with Crippen LogP contribution in [-0.2, 0) is 17.8 Å². The zero-order valence-corrected chi connectivity index (χ0v) is 12.7. The molecule has 0 saturated carbocycles. The van der Waals surface area contributed by atoms with Crippen LogP contribution in [0, 0.1) is 5.92 Å². The van der Waals surface area contributed by atoms with Gasteiger partial charge in [0.05, 0.1) is 12.2 Å². The molecular weight excluding hydrogens is 268 g/mol. The third kappa shape index (κ3) is 4.18. The maximum Gasteiger partial charge on any atom is 0.245 e. The summed E-state index contributed by atoms with van der Waals surface area (Å²) in [6, 6.07) is 3.41. The van der Waals surface area contributed by atoms with Gasteiger partial charge in [0.1, 0.15) is 6.04 Å². The van der Waals surface area contributed by atoms with Gasteiger partial charge in [-0.05, 0) is 24.8 Å². The van der Waals surface area contributed by atoms with Crippen LogP contribution in [0.3, 0.4) is 0 Å². The van der Waals surface area contributed by atoms with Crippen LogP contribution in [0.5, 0.6) is 0 Å². The van der Waals surface area contributed by atoms with Gasteiger partial charge in [0.15, 0.2) is 5.76 Å². The molecule has 2 rings (SSSR count). The second-order valence-corrected chi connectivity index (χ2v) is 5.51. The monoisotopic (exact) mass is 290 g/mol. The van der Waals surface area contributed by atoms with E-state index in [1.807, 2.05) is 19.1 Å². The smallest absolute Gasteiger partial charge is 0.245 e. The Hall–Kier alpha value is -2.11. The van der Waals surface area contributed by atoms with Gasteiger partial charge in [0.2, 0.25) is 5.91 Å². The minimum absolute atomic E-state index is 0.0667. The van der Waals surface area contributed by atoms with E-state index >= 15 is 0 Å². The summed E-state index contributed by atoms with van der Waals surface area (Å²) < 4.78 is 6.90. The van der Waals surface area contributed by atoms with Crippen molar-refractivity contribution >= 4 is 5.91 Å². The van der Waals surface area contributed by atoms with Crippen molar-refractivity contribution in [3.63, 3.8) is 0 Å². The molecular formula is C15H22N4O2. The predicted molar refractivity (Wildman–Crippen MR) is 78.4 cm³/mol. The van der Waals surface area contributed by atoms with Gasteiger partial charge in [-0.15, -0.1) is 0 Å². The first kappa shape index (κ1) is 15.3. The summed E-state index contributed by atoms with van der Waals surface area (Å²) in [5, 5.41) is 11.0. The van der Waals surface area contributed by atoms with Crippen molar-refractivity contribution in [1.29, 1.82) is 0 Å². The van der Waals surface area contributed by atoms with Gasteiger partial charge in [-0.25, -0.2) is 0 Å². The van der Waals surface area contributed by atoms with E-state index in [0.717, 1.165) is 12.1 Å². The summed E-state index contributed by atoms with van der Waals surface area (Å²) in [4.78, 5) is 12.2. The van der Waals surface area contributed by atoms with E-state index < -0.39 is 0 Å². The van der Waals surface area contributed by atoms with Crippen LogP contribution in [0.2, 0.25) is 0 Å². The lowest BCUT2D eigenvalue weighted by Crippen LogP contribution is -2.32. The number of nitrogens with one attached hydrogen (secondary N) is 1. The lowest BCUT2D eigenvalue weighted by molar-refractivity contribution is -0.125. The molecule has 1 atom stereocenters. The van der Waals surface area contributed by atoms with E-state index in [4.69, 9.17) is 4.52 Å². The highest BCUT2D eigenvalue weighted by Crippen LogP contribution is 2.12. The number of rotatable bonds is 7. The molecule has 0 bridgehead atoms. The lowest BCUT2D eigenvalue weighted by atomic mass is 10.1. The number of hydrogen-bond donors (Lipinski definition) is 1. The average Bonchev–Trinajstić information content (AvgIpc) is 3.08. The second-order valence-electron chi connectivity index (χ2n) is 5.51. The second kappa shape index (κ2) is 7.06. The van der Waals surface area contributed by atoms with Crippen LogP contribution in [0.25, 0.3) is 0 Å². The highest BCUT2D eigenvalue weighted by molar-refractivity contribution is 5.80. The molecule has 2 heterocycles. The molecule has 0 aliphatic heterocycles. The highest BCUT2D eigenvalue weighted by atomic mass is 16.5. The van der Waals surface area contributed by atoms with Crippen LogP contribution >= 0.6 is 0 Å². The quantitative estimate of drug-likeness (QED) is 0.849. The predicted octanol–water partition coefficient (Wildman–Crippen LogP) is 2.34. The summed E-state index contributed by atoms with van der Waals surface area (Å²) in [6.07, 6.45) is 5.03. The van der Waals surface area contributed by atoms with Crippen LogP contribution in [0.4, 0.5) is 0 Å². The van der Waals surface area contributed by atoms with Gasteiger partial charge in [0, 0.05) is 18.5 Å². The molecule has 114 valence electrons. The summed E-state index contributed by atoms with van der Waals surface area (Å²) in [5.74, 6) is 1.14. The molecule has 1 N–H and O–H groups in total. The van der Waals surface area contributed by atoms with Crippen molar-refractivity contribution in [2.45, 2.75) is 46.2 Å². The number of carbonyl (C=O) groups excluding carboxylic acids is 1. The van der Waals surface area contributed by atoms with Gasteiger partial charge in [-0.1, -0.05) is 25.9 Å². The molecule has 21 heavy (non-hydrogen) atoms. The number of aromatic nitrogens is 3. The molecule has 0 spiro atoms. The van der Waals surface area contributed by atoms with Crippen molar-refractivity contribution in [3.8, 4) is 0 Å². The van der Waals surface area contributed by atoms with Crippen LogP contribution in [0.15, 0.2) is 29.0 Å².